The summed E-state index contributed by atoms with van der Waals surface area (Å²) in [6.07, 6.45) is 1.31. The third kappa shape index (κ3) is 3.14. The normalized spacial score (nSPS) is 9.56. The molecule has 0 bridgehead atoms. The summed E-state index contributed by atoms with van der Waals surface area (Å²) in [5.41, 5.74) is -1.22. The average Bonchev–Trinajstić information content (AvgIpc) is 2.35. The second-order valence-corrected chi connectivity index (χ2v) is 3.20. The van der Waals surface area contributed by atoms with Crippen molar-refractivity contribution in [2.75, 3.05) is 6.61 Å². The Bertz CT molecular complexity index is 490. The quantitative estimate of drug-likeness (QED) is 0.321. The van der Waals surface area contributed by atoms with Crippen LogP contribution >= 0.6 is 0 Å². The molecule has 0 aliphatic rings. The summed E-state index contributed by atoms with van der Waals surface area (Å²) in [5.74, 6) is -2.49. The summed E-state index contributed by atoms with van der Waals surface area (Å²) in [6.45, 7) is 3.25. The minimum atomic E-state index is -1.61. The molecule has 7 nitrogen and oxygen atoms in total. The van der Waals surface area contributed by atoms with Crippen molar-refractivity contribution in [2.45, 2.75) is 0 Å². The Kier molecular flexibility index (Phi) is 4.14. The van der Waals surface area contributed by atoms with Crippen LogP contribution < -0.4 is 5.11 Å². The molecule has 0 unspecified atom stereocenters. The Balaban J connectivity index is 3.18. The number of carboxylic acid groups (broad SMARTS) is 1. The fraction of sp³-hybridized carbons (Fsp3) is 0.0909. The summed E-state index contributed by atoms with van der Waals surface area (Å²) in [5, 5.41) is 21.3. The van der Waals surface area contributed by atoms with Crippen LogP contribution in [0.4, 0.5) is 5.69 Å². The lowest BCUT2D eigenvalue weighted by Crippen LogP contribution is -2.23. The number of ether oxygens (including phenoxy) is 1. The number of benzene rings is 1. The number of nitro groups is 1. The lowest BCUT2D eigenvalue weighted by molar-refractivity contribution is -0.385. The first-order valence-electron chi connectivity index (χ1n) is 4.74. The molecular formula is C11H8NO6-. The van der Waals surface area contributed by atoms with Crippen LogP contribution in [-0.2, 0) is 4.74 Å². The van der Waals surface area contributed by atoms with Crippen molar-refractivity contribution in [2.24, 2.45) is 0 Å². The van der Waals surface area contributed by atoms with Crippen molar-refractivity contribution >= 4 is 17.6 Å². The molecule has 1 aromatic rings. The van der Waals surface area contributed by atoms with Gasteiger partial charge in [0.1, 0.15) is 6.61 Å². The Morgan fingerprint density at radius 2 is 1.94 bits per heavy atom. The molecule has 0 atom stereocenters. The first kappa shape index (κ1) is 13.4. The summed E-state index contributed by atoms with van der Waals surface area (Å²) in [7, 11) is 0. The van der Waals surface area contributed by atoms with Crippen LogP contribution in [0.2, 0.25) is 0 Å². The first-order valence-corrected chi connectivity index (χ1v) is 4.74. The molecule has 0 fully saturated rings. The topological polar surface area (TPSA) is 110 Å². The molecule has 0 heterocycles. The van der Waals surface area contributed by atoms with Gasteiger partial charge in [0.2, 0.25) is 0 Å². The van der Waals surface area contributed by atoms with E-state index in [1.54, 1.807) is 0 Å². The molecule has 0 radical (unpaired) electrons. The van der Waals surface area contributed by atoms with Crippen LogP contribution in [0.25, 0.3) is 0 Å². The van der Waals surface area contributed by atoms with Gasteiger partial charge in [-0.15, -0.1) is 0 Å². The number of rotatable bonds is 5. The summed E-state index contributed by atoms with van der Waals surface area (Å²) < 4.78 is 4.65. The number of hydrogen-bond donors (Lipinski definition) is 0. The minimum Gasteiger partial charge on any atom is -0.545 e. The molecule has 0 saturated carbocycles. The fourth-order valence-electron chi connectivity index (χ4n) is 1.17. The van der Waals surface area contributed by atoms with E-state index in [-0.39, 0.29) is 12.2 Å². The molecule has 0 N–H and O–H groups in total. The number of carbonyl (C=O) groups excluding carboxylic acids is 2. The molecule has 0 aliphatic carbocycles. The van der Waals surface area contributed by atoms with Crippen LogP contribution in [0.1, 0.15) is 20.7 Å². The summed E-state index contributed by atoms with van der Waals surface area (Å²) in [4.78, 5) is 31.9. The summed E-state index contributed by atoms with van der Waals surface area (Å²) >= 11 is 0. The Labute approximate surface area is 101 Å². The second kappa shape index (κ2) is 5.58. The van der Waals surface area contributed by atoms with Gasteiger partial charge < -0.3 is 14.6 Å². The van der Waals surface area contributed by atoms with Gasteiger partial charge in [-0.1, -0.05) is 12.7 Å². The van der Waals surface area contributed by atoms with E-state index >= 15 is 0 Å². The molecule has 0 amide bonds. The van der Waals surface area contributed by atoms with E-state index in [0.717, 1.165) is 18.2 Å². The van der Waals surface area contributed by atoms with Crippen LogP contribution in [0, 0.1) is 10.1 Å². The van der Waals surface area contributed by atoms with Crippen LogP contribution in [-0.4, -0.2) is 23.5 Å². The second-order valence-electron chi connectivity index (χ2n) is 3.20. The van der Waals surface area contributed by atoms with Gasteiger partial charge in [-0.3, -0.25) is 10.1 Å². The molecular weight excluding hydrogens is 242 g/mol. The van der Waals surface area contributed by atoms with E-state index in [9.17, 15) is 24.8 Å². The van der Waals surface area contributed by atoms with Crippen molar-refractivity contribution in [3.05, 3.63) is 52.1 Å². The standard InChI is InChI=1S/C11H9NO6/c1-2-3-18-11(15)8-4-7(10(13)14)5-9(6-8)12(16)17/h2,4-6H,1,3H2,(H,13,14)/p-1. The van der Waals surface area contributed by atoms with Crippen molar-refractivity contribution in [3.63, 3.8) is 0 Å². The lowest BCUT2D eigenvalue weighted by Gasteiger charge is -2.06. The number of carboxylic acids is 1. The zero-order valence-electron chi connectivity index (χ0n) is 9.12. The molecule has 1 aromatic carbocycles. The maximum atomic E-state index is 11.4. The number of esters is 1. The van der Waals surface area contributed by atoms with Gasteiger partial charge in [-0.2, -0.15) is 0 Å². The third-order valence-corrected chi connectivity index (χ3v) is 1.93. The van der Waals surface area contributed by atoms with Crippen molar-refractivity contribution in [1.29, 1.82) is 0 Å². The van der Waals surface area contributed by atoms with E-state index in [0.29, 0.717) is 0 Å². The highest BCUT2D eigenvalue weighted by atomic mass is 16.6. The highest BCUT2D eigenvalue weighted by molar-refractivity contribution is 5.95. The highest BCUT2D eigenvalue weighted by Gasteiger charge is 2.15. The number of nitro benzene ring substituents is 1. The zero-order chi connectivity index (χ0) is 13.7. The van der Waals surface area contributed by atoms with E-state index in [2.05, 4.69) is 11.3 Å². The molecule has 94 valence electrons. The van der Waals surface area contributed by atoms with Gasteiger partial charge >= 0.3 is 5.97 Å². The molecule has 0 spiro atoms. The van der Waals surface area contributed by atoms with Crippen LogP contribution in [0.3, 0.4) is 0 Å². The molecule has 18 heavy (non-hydrogen) atoms. The predicted octanol–water partition coefficient (Wildman–Crippen LogP) is 0.301. The lowest BCUT2D eigenvalue weighted by atomic mass is 10.1. The van der Waals surface area contributed by atoms with Crippen LogP contribution in [0.5, 0.6) is 0 Å². The molecule has 1 rings (SSSR count). The number of non-ortho nitro benzene ring substituents is 1. The number of carbonyl (C=O) groups is 2. The SMILES string of the molecule is C=CCOC(=O)c1cc(C(=O)[O-])cc([N+](=O)[O-])c1. The van der Waals surface area contributed by atoms with Gasteiger partial charge in [-0.05, 0) is 6.07 Å². The van der Waals surface area contributed by atoms with E-state index in [4.69, 9.17) is 0 Å². The van der Waals surface area contributed by atoms with E-state index in [1.165, 1.54) is 6.08 Å². The van der Waals surface area contributed by atoms with E-state index in [1.807, 2.05) is 0 Å². The predicted molar refractivity (Wildman–Crippen MR) is 57.9 cm³/mol. The fourth-order valence-corrected chi connectivity index (χ4v) is 1.17. The number of hydrogen-bond acceptors (Lipinski definition) is 6. The average molecular weight is 250 g/mol. The van der Waals surface area contributed by atoms with Crippen LogP contribution in [0.15, 0.2) is 30.9 Å². The Hall–Kier alpha value is -2.70. The number of aromatic carboxylic acids is 1. The highest BCUT2D eigenvalue weighted by Crippen LogP contribution is 2.17. The van der Waals surface area contributed by atoms with Gasteiger partial charge in [0.05, 0.1) is 16.5 Å². The van der Waals surface area contributed by atoms with Gasteiger partial charge in [0.25, 0.3) is 5.69 Å². The Morgan fingerprint density at radius 1 is 1.33 bits per heavy atom. The molecule has 0 saturated heterocycles. The third-order valence-electron chi connectivity index (χ3n) is 1.93. The Morgan fingerprint density at radius 3 is 2.44 bits per heavy atom. The molecule has 7 heteroatoms. The van der Waals surface area contributed by atoms with Gasteiger partial charge in [-0.25, -0.2) is 4.79 Å². The largest absolute Gasteiger partial charge is 0.545 e. The number of nitrogens with zero attached hydrogens (tertiary/aromatic N) is 1. The smallest absolute Gasteiger partial charge is 0.338 e. The van der Waals surface area contributed by atoms with Crippen molar-refractivity contribution in [1.82, 2.24) is 0 Å². The van der Waals surface area contributed by atoms with Crippen molar-refractivity contribution in [3.8, 4) is 0 Å². The first-order chi connectivity index (χ1) is 8.45. The van der Waals surface area contributed by atoms with E-state index < -0.39 is 28.1 Å². The molecule has 0 aliphatic heterocycles. The van der Waals surface area contributed by atoms with Crippen molar-refractivity contribution < 1.29 is 24.4 Å². The minimum absolute atomic E-state index is 0.0812. The zero-order valence-corrected chi connectivity index (χ0v) is 9.12. The maximum absolute atomic E-state index is 11.4. The van der Waals surface area contributed by atoms with Gasteiger partial charge in [0, 0.05) is 17.7 Å². The summed E-state index contributed by atoms with van der Waals surface area (Å²) in [6, 6.07) is 2.69. The monoisotopic (exact) mass is 250 g/mol. The maximum Gasteiger partial charge on any atom is 0.338 e. The van der Waals surface area contributed by atoms with Gasteiger partial charge in [0.15, 0.2) is 0 Å². The molecule has 0 aromatic heterocycles.